The van der Waals surface area contributed by atoms with E-state index in [0.717, 1.165) is 5.56 Å². The lowest BCUT2D eigenvalue weighted by molar-refractivity contribution is 0.00578. The number of hydrogen-bond donors (Lipinski definition) is 0. The molecule has 2 rings (SSSR count). The highest BCUT2D eigenvalue weighted by Crippen LogP contribution is 2.37. The summed E-state index contributed by atoms with van der Waals surface area (Å²) in [6.45, 7) is 9.93. The lowest BCUT2D eigenvalue weighted by Crippen LogP contribution is -2.41. The summed E-state index contributed by atoms with van der Waals surface area (Å²) in [7, 11) is -0.416. The van der Waals surface area contributed by atoms with Crippen LogP contribution in [0.4, 0.5) is 4.39 Å². The molecule has 1 aromatic heterocycles. The van der Waals surface area contributed by atoms with Crippen LogP contribution in [0.1, 0.15) is 45.7 Å². The molecule has 0 saturated carbocycles. The van der Waals surface area contributed by atoms with Crippen LogP contribution in [0.25, 0.3) is 6.08 Å². The van der Waals surface area contributed by atoms with Crippen molar-refractivity contribution in [2.45, 2.75) is 52.2 Å². The maximum Gasteiger partial charge on any atom is 0.487 e. The Labute approximate surface area is 120 Å². The molecule has 0 unspecified atom stereocenters. The number of hydrogen-bond acceptors (Lipinski definition) is 3. The first-order chi connectivity index (χ1) is 9.27. The Morgan fingerprint density at radius 3 is 2.40 bits per heavy atom. The van der Waals surface area contributed by atoms with E-state index in [2.05, 4.69) is 4.98 Å². The molecule has 0 radical (unpaired) electrons. The van der Waals surface area contributed by atoms with Crippen molar-refractivity contribution in [1.29, 1.82) is 0 Å². The number of pyridine rings is 1. The van der Waals surface area contributed by atoms with Crippen molar-refractivity contribution in [3.63, 3.8) is 0 Å². The molecule has 0 aliphatic carbocycles. The Morgan fingerprint density at radius 2 is 1.85 bits per heavy atom. The summed E-state index contributed by atoms with van der Waals surface area (Å²) < 4.78 is 25.3. The van der Waals surface area contributed by atoms with Gasteiger partial charge in [-0.05, 0) is 45.7 Å². The average molecular weight is 277 g/mol. The predicted molar refractivity (Wildman–Crippen MR) is 78.7 cm³/mol. The number of aromatic nitrogens is 1. The fourth-order valence-electron chi connectivity index (χ4n) is 2.14. The van der Waals surface area contributed by atoms with Gasteiger partial charge in [-0.25, -0.2) is 4.98 Å². The van der Waals surface area contributed by atoms with Gasteiger partial charge in [0.2, 0.25) is 5.95 Å². The van der Waals surface area contributed by atoms with Gasteiger partial charge < -0.3 is 9.31 Å². The van der Waals surface area contributed by atoms with Gasteiger partial charge in [0, 0.05) is 11.8 Å². The van der Waals surface area contributed by atoms with Crippen molar-refractivity contribution in [2.75, 3.05) is 0 Å². The molecular weight excluding hydrogens is 256 g/mol. The van der Waals surface area contributed by atoms with Gasteiger partial charge in [-0.3, -0.25) is 0 Å². The second-order valence-corrected chi connectivity index (χ2v) is 6.01. The van der Waals surface area contributed by atoms with Crippen LogP contribution in [0.5, 0.6) is 0 Å². The highest BCUT2D eigenvalue weighted by Gasteiger charge is 2.49. The highest BCUT2D eigenvalue weighted by molar-refractivity contribution is 6.52. The van der Waals surface area contributed by atoms with Crippen LogP contribution in [0.3, 0.4) is 0 Å². The molecular formula is C15H21BFNO2. The molecule has 0 N–H and O–H groups in total. The van der Waals surface area contributed by atoms with Crippen LogP contribution in [0.2, 0.25) is 0 Å². The molecule has 0 atom stereocenters. The molecule has 20 heavy (non-hydrogen) atoms. The Bertz CT molecular complexity index is 513. The van der Waals surface area contributed by atoms with E-state index in [1.807, 2.05) is 46.7 Å². The van der Waals surface area contributed by atoms with Crippen molar-refractivity contribution in [2.24, 2.45) is 0 Å². The molecule has 1 aliphatic heterocycles. The largest absolute Gasteiger partial charge is 0.487 e. The number of rotatable bonds is 3. The SMILES string of the molecule is CCc1c(/C=C/B2OC(C)(C)C(C)(C)O2)ccnc1F. The van der Waals surface area contributed by atoms with Crippen LogP contribution in [0.15, 0.2) is 18.2 Å². The van der Waals surface area contributed by atoms with Crippen LogP contribution < -0.4 is 0 Å². The molecule has 108 valence electrons. The van der Waals surface area contributed by atoms with Crippen molar-refractivity contribution < 1.29 is 13.7 Å². The Morgan fingerprint density at radius 1 is 1.25 bits per heavy atom. The third-order valence-corrected chi connectivity index (χ3v) is 4.10. The van der Waals surface area contributed by atoms with Crippen molar-refractivity contribution >= 4 is 13.2 Å². The van der Waals surface area contributed by atoms with Crippen LogP contribution in [0, 0.1) is 5.95 Å². The van der Waals surface area contributed by atoms with E-state index in [0.29, 0.717) is 12.0 Å². The highest BCUT2D eigenvalue weighted by atomic mass is 19.1. The first-order valence-corrected chi connectivity index (χ1v) is 6.94. The third-order valence-electron chi connectivity index (χ3n) is 4.10. The van der Waals surface area contributed by atoms with E-state index < -0.39 is 13.1 Å². The monoisotopic (exact) mass is 277 g/mol. The second-order valence-electron chi connectivity index (χ2n) is 6.01. The van der Waals surface area contributed by atoms with Gasteiger partial charge in [0.25, 0.3) is 0 Å². The van der Waals surface area contributed by atoms with E-state index in [9.17, 15) is 4.39 Å². The molecule has 1 fully saturated rings. The summed E-state index contributed by atoms with van der Waals surface area (Å²) in [6.07, 6.45) is 3.91. The Kier molecular flexibility index (Phi) is 4.03. The number of halogens is 1. The zero-order chi connectivity index (χ0) is 15.0. The van der Waals surface area contributed by atoms with Crippen LogP contribution >= 0.6 is 0 Å². The van der Waals surface area contributed by atoms with Gasteiger partial charge >= 0.3 is 7.12 Å². The van der Waals surface area contributed by atoms with E-state index in [1.54, 1.807) is 6.07 Å². The van der Waals surface area contributed by atoms with Gasteiger partial charge in [0.15, 0.2) is 0 Å². The Hall–Kier alpha value is -1.20. The van der Waals surface area contributed by atoms with Crippen LogP contribution in [-0.2, 0) is 15.7 Å². The van der Waals surface area contributed by atoms with Gasteiger partial charge in [-0.15, -0.1) is 0 Å². The summed E-state index contributed by atoms with van der Waals surface area (Å²) in [5, 5.41) is 0. The first kappa shape index (κ1) is 15.2. The quantitative estimate of drug-likeness (QED) is 0.626. The fourth-order valence-corrected chi connectivity index (χ4v) is 2.14. The average Bonchev–Trinajstić information content (AvgIpc) is 2.55. The van der Waals surface area contributed by atoms with Crippen molar-refractivity contribution in [1.82, 2.24) is 4.98 Å². The molecule has 3 nitrogen and oxygen atoms in total. The summed E-state index contributed by atoms with van der Waals surface area (Å²) in [5.41, 5.74) is 0.702. The Balaban J connectivity index is 2.18. The minimum atomic E-state index is -0.416. The zero-order valence-corrected chi connectivity index (χ0v) is 12.7. The van der Waals surface area contributed by atoms with E-state index in [1.165, 1.54) is 6.20 Å². The minimum absolute atomic E-state index is 0.362. The molecule has 1 aromatic rings. The fraction of sp³-hybridized carbons (Fsp3) is 0.533. The molecule has 0 aromatic carbocycles. The van der Waals surface area contributed by atoms with Gasteiger partial charge in [0.1, 0.15) is 0 Å². The van der Waals surface area contributed by atoms with Gasteiger partial charge in [-0.2, -0.15) is 4.39 Å². The summed E-state index contributed by atoms with van der Waals surface area (Å²) in [4.78, 5) is 3.67. The molecule has 1 aliphatic rings. The molecule has 0 spiro atoms. The molecule has 5 heteroatoms. The summed E-state index contributed by atoms with van der Waals surface area (Å²) in [5.74, 6) is 1.41. The lowest BCUT2D eigenvalue weighted by atomic mass is 9.88. The normalized spacial score (nSPS) is 20.8. The molecule has 0 amide bonds. The predicted octanol–water partition coefficient (Wildman–Crippen LogP) is 3.43. The first-order valence-electron chi connectivity index (χ1n) is 6.94. The van der Waals surface area contributed by atoms with E-state index in [4.69, 9.17) is 9.31 Å². The second kappa shape index (κ2) is 5.30. The van der Waals surface area contributed by atoms with E-state index >= 15 is 0 Å². The van der Waals surface area contributed by atoms with Gasteiger partial charge in [0.05, 0.1) is 11.2 Å². The van der Waals surface area contributed by atoms with Gasteiger partial charge in [-0.1, -0.05) is 19.0 Å². The summed E-state index contributed by atoms with van der Waals surface area (Å²) >= 11 is 0. The third kappa shape index (κ3) is 2.79. The topological polar surface area (TPSA) is 31.4 Å². The summed E-state index contributed by atoms with van der Waals surface area (Å²) in [6, 6.07) is 1.80. The maximum atomic E-state index is 13.6. The van der Waals surface area contributed by atoms with Crippen molar-refractivity contribution in [3.8, 4) is 0 Å². The maximum absolute atomic E-state index is 13.6. The smallest absolute Gasteiger partial charge is 0.400 e. The molecule has 1 saturated heterocycles. The minimum Gasteiger partial charge on any atom is -0.400 e. The van der Waals surface area contributed by atoms with E-state index in [-0.39, 0.29) is 11.2 Å². The number of nitrogens with zero attached hydrogens (tertiary/aromatic N) is 1. The zero-order valence-electron chi connectivity index (χ0n) is 12.7. The lowest BCUT2D eigenvalue weighted by Gasteiger charge is -2.32. The van der Waals surface area contributed by atoms with Crippen LogP contribution in [-0.4, -0.2) is 23.3 Å². The molecule has 2 heterocycles. The molecule has 0 bridgehead atoms. The standard InChI is InChI=1S/C15H21BFNO2/c1-6-12-11(8-10-18-13(12)17)7-9-16-19-14(2,3)15(4,5)20-16/h7-10H,6H2,1-5H3/b9-7+. The van der Waals surface area contributed by atoms with Crippen molar-refractivity contribution in [3.05, 3.63) is 35.3 Å².